The topological polar surface area (TPSA) is 80.8 Å². The molecule has 2 amide bonds. The SMILES string of the molecule is CCOCCCN(Cc1nc(C(=O)OC)cs1)C(=O)Nc1ccc(Cl)cc1. The molecule has 9 heteroatoms. The van der Waals surface area contributed by atoms with Crippen molar-refractivity contribution in [1.82, 2.24) is 9.88 Å². The molecule has 0 saturated heterocycles. The van der Waals surface area contributed by atoms with E-state index in [1.807, 2.05) is 6.92 Å². The molecule has 146 valence electrons. The van der Waals surface area contributed by atoms with Gasteiger partial charge in [-0.15, -0.1) is 11.3 Å². The van der Waals surface area contributed by atoms with Gasteiger partial charge in [-0.05, 0) is 37.6 Å². The number of amides is 2. The molecular formula is C18H22ClN3O4S. The van der Waals surface area contributed by atoms with Gasteiger partial charge in [-0.1, -0.05) is 11.6 Å². The monoisotopic (exact) mass is 411 g/mol. The number of nitrogens with zero attached hydrogens (tertiary/aromatic N) is 2. The molecule has 2 aromatic rings. The van der Waals surface area contributed by atoms with Gasteiger partial charge in [0.15, 0.2) is 5.69 Å². The number of rotatable bonds is 9. The molecule has 0 unspecified atom stereocenters. The number of halogens is 1. The van der Waals surface area contributed by atoms with E-state index in [9.17, 15) is 9.59 Å². The molecule has 0 spiro atoms. The normalized spacial score (nSPS) is 10.5. The number of ether oxygens (including phenoxy) is 2. The lowest BCUT2D eigenvalue weighted by atomic mass is 10.3. The van der Waals surface area contributed by atoms with Crippen molar-refractivity contribution in [1.29, 1.82) is 0 Å². The Labute approximate surface area is 167 Å². The minimum atomic E-state index is -0.494. The number of aromatic nitrogens is 1. The highest BCUT2D eigenvalue weighted by Crippen LogP contribution is 2.17. The van der Waals surface area contributed by atoms with Gasteiger partial charge in [0.1, 0.15) is 5.01 Å². The van der Waals surface area contributed by atoms with Gasteiger partial charge in [0, 0.05) is 35.8 Å². The summed E-state index contributed by atoms with van der Waals surface area (Å²) in [6.07, 6.45) is 0.692. The predicted octanol–water partition coefficient (Wildman–Crippen LogP) is 4.04. The van der Waals surface area contributed by atoms with Gasteiger partial charge >= 0.3 is 12.0 Å². The molecule has 0 atom stereocenters. The van der Waals surface area contributed by atoms with E-state index < -0.39 is 5.97 Å². The van der Waals surface area contributed by atoms with Crippen LogP contribution in [0.25, 0.3) is 0 Å². The number of anilines is 1. The van der Waals surface area contributed by atoms with Crippen molar-refractivity contribution in [3.63, 3.8) is 0 Å². The molecule has 0 aliphatic rings. The van der Waals surface area contributed by atoms with Crippen molar-refractivity contribution >= 4 is 40.6 Å². The second kappa shape index (κ2) is 10.9. The molecule has 1 aromatic carbocycles. The number of benzene rings is 1. The molecule has 1 N–H and O–H groups in total. The summed E-state index contributed by atoms with van der Waals surface area (Å²) >= 11 is 7.18. The van der Waals surface area contributed by atoms with Crippen LogP contribution in [0.15, 0.2) is 29.6 Å². The van der Waals surface area contributed by atoms with Crippen LogP contribution in [-0.4, -0.2) is 48.8 Å². The Kier molecular flexibility index (Phi) is 8.50. The van der Waals surface area contributed by atoms with Crippen LogP contribution in [0, 0.1) is 0 Å². The molecule has 27 heavy (non-hydrogen) atoms. The molecule has 7 nitrogen and oxygen atoms in total. The Balaban J connectivity index is 2.04. The van der Waals surface area contributed by atoms with Gasteiger partial charge in [0.05, 0.1) is 13.7 Å². The first kappa shape index (κ1) is 21.1. The van der Waals surface area contributed by atoms with Crippen molar-refractivity contribution in [2.75, 3.05) is 32.2 Å². The molecule has 2 rings (SSSR count). The van der Waals surface area contributed by atoms with E-state index in [2.05, 4.69) is 15.0 Å². The Morgan fingerprint density at radius 2 is 2.04 bits per heavy atom. The first-order chi connectivity index (χ1) is 13.0. The third kappa shape index (κ3) is 6.82. The minimum Gasteiger partial charge on any atom is -0.464 e. The van der Waals surface area contributed by atoms with Crippen LogP contribution < -0.4 is 5.32 Å². The maximum absolute atomic E-state index is 12.7. The van der Waals surface area contributed by atoms with Crippen LogP contribution in [0.3, 0.4) is 0 Å². The minimum absolute atomic E-state index is 0.241. The fraction of sp³-hybridized carbons (Fsp3) is 0.389. The lowest BCUT2D eigenvalue weighted by Gasteiger charge is -2.22. The van der Waals surface area contributed by atoms with E-state index >= 15 is 0 Å². The summed E-state index contributed by atoms with van der Waals surface area (Å²) in [7, 11) is 1.31. The standard InChI is InChI=1S/C18H22ClN3O4S/c1-3-26-10-4-9-22(11-16-21-15(12-27-16)17(23)25-2)18(24)20-14-7-5-13(19)6-8-14/h5-8,12H,3-4,9-11H2,1-2H3,(H,20,24). The lowest BCUT2D eigenvalue weighted by Crippen LogP contribution is -2.35. The zero-order valence-corrected chi connectivity index (χ0v) is 16.8. The van der Waals surface area contributed by atoms with Gasteiger partial charge in [0.25, 0.3) is 0 Å². The number of thiazole rings is 1. The first-order valence-electron chi connectivity index (χ1n) is 8.45. The fourth-order valence-corrected chi connectivity index (χ4v) is 3.14. The van der Waals surface area contributed by atoms with Crippen molar-refractivity contribution < 1.29 is 19.1 Å². The highest BCUT2D eigenvalue weighted by Gasteiger charge is 2.18. The second-order valence-electron chi connectivity index (χ2n) is 5.53. The average Bonchev–Trinajstić information content (AvgIpc) is 3.14. The zero-order valence-electron chi connectivity index (χ0n) is 15.2. The van der Waals surface area contributed by atoms with Gasteiger partial charge in [-0.25, -0.2) is 14.6 Å². The third-order valence-electron chi connectivity index (χ3n) is 3.58. The molecule has 0 aliphatic carbocycles. The number of hydrogen-bond donors (Lipinski definition) is 1. The first-order valence-corrected chi connectivity index (χ1v) is 9.71. The maximum Gasteiger partial charge on any atom is 0.357 e. The van der Waals surface area contributed by atoms with E-state index in [1.165, 1.54) is 18.4 Å². The van der Waals surface area contributed by atoms with Crippen LogP contribution in [-0.2, 0) is 16.0 Å². The number of urea groups is 1. The van der Waals surface area contributed by atoms with Crippen LogP contribution in [0.5, 0.6) is 0 Å². The van der Waals surface area contributed by atoms with Crippen LogP contribution in [0.2, 0.25) is 5.02 Å². The van der Waals surface area contributed by atoms with Gasteiger partial charge in [-0.3, -0.25) is 0 Å². The summed E-state index contributed by atoms with van der Waals surface area (Å²) in [5.41, 5.74) is 0.887. The van der Waals surface area contributed by atoms with E-state index in [1.54, 1.807) is 34.5 Å². The Morgan fingerprint density at radius 1 is 1.30 bits per heavy atom. The number of esters is 1. The van der Waals surface area contributed by atoms with Gasteiger partial charge < -0.3 is 19.7 Å². The van der Waals surface area contributed by atoms with Gasteiger partial charge in [-0.2, -0.15) is 0 Å². The molecular weight excluding hydrogens is 390 g/mol. The number of carbonyl (C=O) groups excluding carboxylic acids is 2. The molecule has 0 saturated carbocycles. The summed E-state index contributed by atoms with van der Waals surface area (Å²) in [4.78, 5) is 30.1. The largest absolute Gasteiger partial charge is 0.464 e. The van der Waals surface area contributed by atoms with Crippen LogP contribution in [0.1, 0.15) is 28.8 Å². The van der Waals surface area contributed by atoms with E-state index in [4.69, 9.17) is 16.3 Å². The van der Waals surface area contributed by atoms with Gasteiger partial charge in [0.2, 0.25) is 0 Å². The van der Waals surface area contributed by atoms with Crippen LogP contribution >= 0.6 is 22.9 Å². The Morgan fingerprint density at radius 3 is 2.70 bits per heavy atom. The summed E-state index contributed by atoms with van der Waals surface area (Å²) in [6, 6.07) is 6.62. The van der Waals surface area contributed by atoms with Crippen molar-refractivity contribution in [3.8, 4) is 0 Å². The quantitative estimate of drug-likeness (QED) is 0.497. The molecule has 0 bridgehead atoms. The highest BCUT2D eigenvalue weighted by atomic mass is 35.5. The van der Waals surface area contributed by atoms with Crippen LogP contribution in [0.4, 0.5) is 10.5 Å². The molecule has 0 radical (unpaired) electrons. The van der Waals surface area contributed by atoms with Crippen molar-refractivity contribution in [3.05, 3.63) is 45.4 Å². The van der Waals surface area contributed by atoms with E-state index in [0.29, 0.717) is 41.9 Å². The number of methoxy groups -OCH3 is 1. The Hall–Kier alpha value is -2.16. The zero-order chi connectivity index (χ0) is 19.6. The Bertz CT molecular complexity index is 751. The van der Waals surface area contributed by atoms with E-state index in [-0.39, 0.29) is 18.3 Å². The van der Waals surface area contributed by atoms with E-state index in [0.717, 1.165) is 0 Å². The number of nitrogens with one attached hydrogen (secondary N) is 1. The molecule has 0 fully saturated rings. The number of hydrogen-bond acceptors (Lipinski definition) is 6. The summed E-state index contributed by atoms with van der Waals surface area (Å²) in [6.45, 7) is 3.90. The lowest BCUT2D eigenvalue weighted by molar-refractivity contribution is 0.0594. The molecule has 1 aromatic heterocycles. The smallest absolute Gasteiger partial charge is 0.357 e. The predicted molar refractivity (Wildman–Crippen MR) is 105 cm³/mol. The second-order valence-corrected chi connectivity index (χ2v) is 6.91. The number of carbonyl (C=O) groups is 2. The average molecular weight is 412 g/mol. The van der Waals surface area contributed by atoms with Crippen molar-refractivity contribution in [2.24, 2.45) is 0 Å². The summed E-state index contributed by atoms with van der Waals surface area (Å²) in [5.74, 6) is -0.494. The highest BCUT2D eigenvalue weighted by molar-refractivity contribution is 7.09. The molecule has 0 aliphatic heterocycles. The fourth-order valence-electron chi connectivity index (χ4n) is 2.24. The third-order valence-corrected chi connectivity index (χ3v) is 4.66. The van der Waals surface area contributed by atoms with Crippen molar-refractivity contribution in [2.45, 2.75) is 19.9 Å². The maximum atomic E-state index is 12.7. The summed E-state index contributed by atoms with van der Waals surface area (Å²) < 4.78 is 10.0. The summed E-state index contributed by atoms with van der Waals surface area (Å²) in [5, 5.41) is 5.71. The molecule has 1 heterocycles.